The van der Waals surface area contributed by atoms with Gasteiger partial charge in [0.2, 0.25) is 0 Å². The van der Waals surface area contributed by atoms with Crippen molar-refractivity contribution in [1.82, 2.24) is 0 Å². The third-order valence-corrected chi connectivity index (χ3v) is 9.18. The lowest BCUT2D eigenvalue weighted by molar-refractivity contribution is -0.0345. The van der Waals surface area contributed by atoms with Gasteiger partial charge >= 0.3 is 0 Å². The van der Waals surface area contributed by atoms with Crippen molar-refractivity contribution in [3.05, 3.63) is 12.2 Å². The molecule has 0 aliphatic heterocycles. The number of hydrogen-bond acceptors (Lipinski definition) is 0. The van der Waals surface area contributed by atoms with Gasteiger partial charge in [-0.2, -0.15) is 0 Å². The topological polar surface area (TPSA) is 0 Å². The van der Waals surface area contributed by atoms with Gasteiger partial charge in [0.1, 0.15) is 0 Å². The lowest BCUT2D eigenvalue weighted by Gasteiger charge is -2.51. The van der Waals surface area contributed by atoms with E-state index < -0.39 is 0 Å². The Labute approximate surface area is 118 Å². The Morgan fingerprint density at radius 1 is 0.684 bits per heavy atom. The Hall–Kier alpha value is -0.260. The third kappa shape index (κ3) is 1.02. The Kier molecular flexibility index (Phi) is 1.80. The molecule has 5 rings (SSSR count). The van der Waals surface area contributed by atoms with Crippen molar-refractivity contribution < 1.29 is 0 Å². The van der Waals surface area contributed by atoms with Gasteiger partial charge in [0, 0.05) is 0 Å². The quantitative estimate of drug-likeness (QED) is 0.548. The van der Waals surface area contributed by atoms with Crippen LogP contribution in [0.25, 0.3) is 0 Å². The fourth-order valence-electron chi connectivity index (χ4n) is 7.79. The molecule has 4 saturated carbocycles. The summed E-state index contributed by atoms with van der Waals surface area (Å²) in [5, 5.41) is 0. The van der Waals surface area contributed by atoms with Crippen molar-refractivity contribution >= 4 is 0 Å². The van der Waals surface area contributed by atoms with E-state index in [1.54, 1.807) is 12.8 Å². The SMILES string of the molecule is CC1(C)C2CC(C3C2CC2C4C=CC(C4)C23)C1(C)C. The summed E-state index contributed by atoms with van der Waals surface area (Å²) in [6.45, 7) is 10.3. The molecule has 0 nitrogen and oxygen atoms in total. The fraction of sp³-hybridized carbons (Fsp3) is 0.895. The van der Waals surface area contributed by atoms with Gasteiger partial charge in [0.05, 0.1) is 0 Å². The molecule has 0 heterocycles. The van der Waals surface area contributed by atoms with Crippen molar-refractivity contribution in [3.63, 3.8) is 0 Å². The van der Waals surface area contributed by atoms with Gasteiger partial charge in [-0.3, -0.25) is 0 Å². The normalized spacial score (nSPS) is 61.7. The largest absolute Gasteiger partial charge is 0.0848 e. The summed E-state index contributed by atoms with van der Waals surface area (Å²) in [7, 11) is 0. The molecule has 0 heteroatoms. The van der Waals surface area contributed by atoms with E-state index in [0.717, 1.165) is 47.3 Å². The number of hydrogen-bond donors (Lipinski definition) is 0. The minimum Gasteiger partial charge on any atom is -0.0848 e. The van der Waals surface area contributed by atoms with Crippen molar-refractivity contribution in [2.24, 2.45) is 58.2 Å². The van der Waals surface area contributed by atoms with Gasteiger partial charge in [-0.05, 0) is 77.4 Å². The van der Waals surface area contributed by atoms with Crippen LogP contribution in [0.15, 0.2) is 12.2 Å². The number of rotatable bonds is 0. The van der Waals surface area contributed by atoms with Crippen LogP contribution in [0.5, 0.6) is 0 Å². The van der Waals surface area contributed by atoms with Gasteiger partial charge in [0.25, 0.3) is 0 Å². The van der Waals surface area contributed by atoms with Crippen LogP contribution in [0.1, 0.15) is 47.0 Å². The second-order valence-electron chi connectivity index (χ2n) is 9.56. The zero-order valence-electron chi connectivity index (χ0n) is 12.9. The summed E-state index contributed by atoms with van der Waals surface area (Å²) >= 11 is 0. The molecule has 104 valence electrons. The van der Waals surface area contributed by atoms with E-state index in [4.69, 9.17) is 0 Å². The summed E-state index contributed by atoms with van der Waals surface area (Å²) in [6.07, 6.45) is 9.82. The molecule has 0 radical (unpaired) electrons. The zero-order valence-corrected chi connectivity index (χ0v) is 12.9. The summed E-state index contributed by atoms with van der Waals surface area (Å²) in [4.78, 5) is 0. The van der Waals surface area contributed by atoms with Crippen LogP contribution < -0.4 is 0 Å². The molecule has 0 saturated heterocycles. The predicted octanol–water partition coefficient (Wildman–Crippen LogP) is 4.76. The lowest BCUT2D eigenvalue weighted by atomic mass is 9.53. The van der Waals surface area contributed by atoms with E-state index in [0.29, 0.717) is 10.8 Å². The maximum atomic E-state index is 2.60. The van der Waals surface area contributed by atoms with Gasteiger partial charge in [-0.25, -0.2) is 0 Å². The van der Waals surface area contributed by atoms with Crippen LogP contribution in [0.2, 0.25) is 0 Å². The fourth-order valence-corrected chi connectivity index (χ4v) is 7.79. The lowest BCUT2D eigenvalue weighted by Crippen LogP contribution is -2.46. The molecule has 0 amide bonds. The van der Waals surface area contributed by atoms with E-state index in [9.17, 15) is 0 Å². The first kappa shape index (κ1) is 11.4. The highest BCUT2D eigenvalue weighted by Crippen LogP contribution is 2.77. The molecule has 0 aromatic heterocycles. The Balaban J connectivity index is 1.59. The van der Waals surface area contributed by atoms with Crippen LogP contribution in [-0.4, -0.2) is 0 Å². The maximum absolute atomic E-state index is 2.60. The van der Waals surface area contributed by atoms with Crippen molar-refractivity contribution in [3.8, 4) is 0 Å². The molecule has 0 aromatic rings. The van der Waals surface area contributed by atoms with Crippen LogP contribution in [0.3, 0.4) is 0 Å². The maximum Gasteiger partial charge on any atom is -0.0194 e. The first-order chi connectivity index (χ1) is 8.93. The Morgan fingerprint density at radius 3 is 2.16 bits per heavy atom. The van der Waals surface area contributed by atoms with E-state index in [1.807, 2.05) is 0 Å². The zero-order chi connectivity index (χ0) is 13.2. The Morgan fingerprint density at radius 2 is 1.37 bits per heavy atom. The molecule has 0 N–H and O–H groups in total. The molecule has 8 unspecified atom stereocenters. The molecule has 5 aliphatic carbocycles. The molecular weight excluding hydrogens is 228 g/mol. The summed E-state index contributed by atoms with van der Waals surface area (Å²) in [5.74, 6) is 8.37. The highest BCUT2D eigenvalue weighted by molar-refractivity contribution is 5.24. The van der Waals surface area contributed by atoms with E-state index >= 15 is 0 Å². The first-order valence-corrected chi connectivity index (χ1v) is 8.61. The second kappa shape index (κ2) is 3.00. The standard InChI is InChI=1S/C19H28/c1-18(2)14-9-15(19(18,3)4)17-13(14)8-12-10-5-6-11(7-10)16(12)17/h5-6,10-17H,7-9H2,1-4H3. The van der Waals surface area contributed by atoms with E-state index in [2.05, 4.69) is 39.8 Å². The Bertz CT molecular complexity index is 468. The molecule has 0 aromatic carbocycles. The molecule has 0 spiro atoms. The molecule has 4 fully saturated rings. The van der Waals surface area contributed by atoms with Gasteiger partial charge < -0.3 is 0 Å². The summed E-state index contributed by atoms with van der Waals surface area (Å²) < 4.78 is 0. The summed E-state index contributed by atoms with van der Waals surface area (Å²) in [6, 6.07) is 0. The summed E-state index contributed by atoms with van der Waals surface area (Å²) in [5.41, 5.74) is 1.14. The van der Waals surface area contributed by atoms with Gasteiger partial charge in [-0.15, -0.1) is 0 Å². The smallest absolute Gasteiger partial charge is 0.0194 e. The monoisotopic (exact) mass is 256 g/mol. The van der Waals surface area contributed by atoms with E-state index in [1.165, 1.54) is 6.42 Å². The predicted molar refractivity (Wildman–Crippen MR) is 78.5 cm³/mol. The molecule has 8 atom stereocenters. The second-order valence-corrected chi connectivity index (χ2v) is 9.56. The minimum absolute atomic E-state index is 0.569. The van der Waals surface area contributed by atoms with Crippen molar-refractivity contribution in [2.75, 3.05) is 0 Å². The average Bonchev–Trinajstić information content (AvgIpc) is 3.05. The van der Waals surface area contributed by atoms with Crippen LogP contribution in [0, 0.1) is 58.2 Å². The molecule has 5 aliphatic rings. The highest BCUT2D eigenvalue weighted by atomic mass is 14.8. The number of fused-ring (bicyclic) bond motifs is 11. The molecule has 4 bridgehead atoms. The first-order valence-electron chi connectivity index (χ1n) is 8.61. The van der Waals surface area contributed by atoms with Gasteiger partial charge in [0.15, 0.2) is 0 Å². The third-order valence-electron chi connectivity index (χ3n) is 9.18. The highest BCUT2D eigenvalue weighted by Gasteiger charge is 2.71. The minimum atomic E-state index is 0.569. The van der Waals surface area contributed by atoms with Gasteiger partial charge in [-0.1, -0.05) is 39.8 Å². The van der Waals surface area contributed by atoms with Crippen LogP contribution >= 0.6 is 0 Å². The average molecular weight is 256 g/mol. The number of allylic oxidation sites excluding steroid dienone is 2. The van der Waals surface area contributed by atoms with Crippen molar-refractivity contribution in [2.45, 2.75) is 47.0 Å². The van der Waals surface area contributed by atoms with Crippen molar-refractivity contribution in [1.29, 1.82) is 0 Å². The van der Waals surface area contributed by atoms with Crippen LogP contribution in [-0.2, 0) is 0 Å². The van der Waals surface area contributed by atoms with Crippen LogP contribution in [0.4, 0.5) is 0 Å². The molecule has 19 heavy (non-hydrogen) atoms. The molecular formula is C19H28. The van der Waals surface area contributed by atoms with E-state index in [-0.39, 0.29) is 0 Å².